The van der Waals surface area contributed by atoms with Crippen LogP contribution in [0.15, 0.2) is 51.5 Å². The average Bonchev–Trinajstić information content (AvgIpc) is 3.11. The molecule has 2 heterocycles. The molecular formula is C14H10N2S3. The molecule has 0 saturated carbocycles. The summed E-state index contributed by atoms with van der Waals surface area (Å²) in [5.41, 5.74) is 9.60. The molecule has 0 aliphatic rings. The summed E-state index contributed by atoms with van der Waals surface area (Å²) in [5, 5.41) is 4.07. The standard InChI is InChI=1S/C14H10N2S3/c15-13-9(11-3-1-7-18-11)5-6-10(14(13)16-17)12-4-2-8-19-12/h1-8H,15H2. The van der Waals surface area contributed by atoms with Gasteiger partial charge in [0.2, 0.25) is 0 Å². The largest absolute Gasteiger partial charge is 0.396 e. The summed E-state index contributed by atoms with van der Waals surface area (Å²) in [5.74, 6) is 0. The van der Waals surface area contributed by atoms with Crippen molar-refractivity contribution in [2.75, 3.05) is 5.73 Å². The minimum absolute atomic E-state index is 0.656. The second kappa shape index (κ2) is 5.21. The first kappa shape index (κ1) is 12.5. The van der Waals surface area contributed by atoms with Crippen molar-refractivity contribution in [1.82, 2.24) is 0 Å². The average molecular weight is 302 g/mol. The molecule has 19 heavy (non-hydrogen) atoms. The van der Waals surface area contributed by atoms with Crippen LogP contribution in [0.1, 0.15) is 0 Å². The van der Waals surface area contributed by atoms with Crippen LogP contribution in [-0.2, 0) is 12.4 Å². The molecular weight excluding hydrogens is 292 g/mol. The number of thiophene rings is 2. The van der Waals surface area contributed by atoms with Crippen LogP contribution in [0.2, 0.25) is 0 Å². The number of anilines is 1. The summed E-state index contributed by atoms with van der Waals surface area (Å²) < 4.78 is 3.97. The van der Waals surface area contributed by atoms with E-state index in [1.165, 1.54) is 0 Å². The molecule has 0 atom stereocenters. The Kier molecular flexibility index (Phi) is 3.42. The zero-order chi connectivity index (χ0) is 13.2. The molecule has 0 aliphatic heterocycles. The van der Waals surface area contributed by atoms with Gasteiger partial charge < -0.3 is 5.73 Å². The molecule has 0 unspecified atom stereocenters. The van der Waals surface area contributed by atoms with Gasteiger partial charge in [-0.3, -0.25) is 0 Å². The van der Waals surface area contributed by atoms with Gasteiger partial charge in [0.05, 0.1) is 5.69 Å². The Morgan fingerprint density at radius 1 is 0.895 bits per heavy atom. The van der Waals surface area contributed by atoms with E-state index in [1.807, 2.05) is 47.2 Å². The van der Waals surface area contributed by atoms with Crippen molar-refractivity contribution in [1.29, 1.82) is 0 Å². The summed E-state index contributed by atoms with van der Waals surface area (Å²) in [6.45, 7) is 0. The molecule has 2 aromatic heterocycles. The van der Waals surface area contributed by atoms with Crippen LogP contribution < -0.4 is 5.73 Å². The highest BCUT2D eigenvalue weighted by Crippen LogP contribution is 2.43. The monoisotopic (exact) mass is 302 g/mol. The van der Waals surface area contributed by atoms with Gasteiger partial charge in [-0.15, -0.1) is 22.7 Å². The molecule has 2 N–H and O–H groups in total. The van der Waals surface area contributed by atoms with E-state index in [9.17, 15) is 0 Å². The van der Waals surface area contributed by atoms with E-state index in [0.717, 1.165) is 20.9 Å². The normalized spacial score (nSPS) is 10.5. The lowest BCUT2D eigenvalue weighted by atomic mass is 10.0. The van der Waals surface area contributed by atoms with Gasteiger partial charge in [-0.1, -0.05) is 24.3 Å². The van der Waals surface area contributed by atoms with Crippen LogP contribution in [-0.4, -0.2) is 0 Å². The van der Waals surface area contributed by atoms with Crippen LogP contribution in [0.5, 0.6) is 0 Å². The first-order chi connectivity index (χ1) is 9.31. The van der Waals surface area contributed by atoms with E-state index in [0.29, 0.717) is 11.4 Å². The van der Waals surface area contributed by atoms with Crippen molar-refractivity contribution in [3.63, 3.8) is 0 Å². The fraction of sp³-hybridized carbons (Fsp3) is 0. The van der Waals surface area contributed by atoms with Crippen LogP contribution in [0, 0.1) is 0 Å². The number of nitrogens with zero attached hydrogens (tertiary/aromatic N) is 1. The Hall–Kier alpha value is -1.56. The Labute approximate surface area is 124 Å². The molecule has 0 radical (unpaired) electrons. The highest BCUT2D eigenvalue weighted by Gasteiger charge is 2.14. The Bertz CT molecular complexity index is 701. The number of nitrogen functional groups attached to an aromatic ring is 1. The first-order valence-electron chi connectivity index (χ1n) is 5.65. The summed E-state index contributed by atoms with van der Waals surface area (Å²) >= 11 is 8.23. The van der Waals surface area contributed by atoms with Crippen LogP contribution in [0.4, 0.5) is 11.4 Å². The van der Waals surface area contributed by atoms with Crippen molar-refractivity contribution in [3.8, 4) is 20.9 Å². The van der Waals surface area contributed by atoms with Crippen molar-refractivity contribution in [2.45, 2.75) is 0 Å². The van der Waals surface area contributed by atoms with Gasteiger partial charge in [0.1, 0.15) is 5.69 Å². The van der Waals surface area contributed by atoms with Gasteiger partial charge in [-0.05, 0) is 22.9 Å². The van der Waals surface area contributed by atoms with Gasteiger partial charge in [0, 0.05) is 33.3 Å². The molecule has 94 valence electrons. The lowest BCUT2D eigenvalue weighted by molar-refractivity contribution is 1.56. The third-order valence-corrected chi connectivity index (χ3v) is 4.87. The predicted molar refractivity (Wildman–Crippen MR) is 86.9 cm³/mol. The quantitative estimate of drug-likeness (QED) is 0.684. The van der Waals surface area contributed by atoms with Crippen LogP contribution in [0.25, 0.3) is 20.9 Å². The summed E-state index contributed by atoms with van der Waals surface area (Å²) in [4.78, 5) is 2.27. The van der Waals surface area contributed by atoms with Crippen molar-refractivity contribution in [2.24, 2.45) is 4.36 Å². The van der Waals surface area contributed by atoms with Gasteiger partial charge in [0.15, 0.2) is 0 Å². The maximum Gasteiger partial charge on any atom is 0.109 e. The fourth-order valence-electron chi connectivity index (χ4n) is 1.98. The Morgan fingerprint density at radius 2 is 1.47 bits per heavy atom. The van der Waals surface area contributed by atoms with Gasteiger partial charge in [-0.2, -0.15) is 4.36 Å². The summed E-state index contributed by atoms with van der Waals surface area (Å²) in [6, 6.07) is 12.2. The Balaban J connectivity index is 2.21. The number of hydrogen-bond acceptors (Lipinski definition) is 5. The van der Waals surface area contributed by atoms with E-state index in [4.69, 9.17) is 18.2 Å². The third kappa shape index (κ3) is 2.20. The highest BCUT2D eigenvalue weighted by atomic mass is 32.1. The van der Waals surface area contributed by atoms with Crippen molar-refractivity contribution in [3.05, 3.63) is 47.2 Å². The summed E-state index contributed by atoms with van der Waals surface area (Å²) in [6.07, 6.45) is 0. The molecule has 0 aliphatic carbocycles. The van der Waals surface area contributed by atoms with E-state index >= 15 is 0 Å². The molecule has 5 heteroatoms. The number of benzene rings is 1. The predicted octanol–water partition coefficient (Wildman–Crippen LogP) is 5.09. The number of nitrogens with two attached hydrogens (primary N) is 1. The maximum atomic E-state index is 6.24. The smallest absolute Gasteiger partial charge is 0.109 e. The SMILES string of the molecule is Nc1c(-c2cccs2)ccc(-c2cccs2)c1N=S. The zero-order valence-corrected chi connectivity index (χ0v) is 12.3. The van der Waals surface area contributed by atoms with Crippen molar-refractivity contribution >= 4 is 46.5 Å². The van der Waals surface area contributed by atoms with E-state index in [2.05, 4.69) is 4.36 Å². The van der Waals surface area contributed by atoms with Gasteiger partial charge >= 0.3 is 0 Å². The molecule has 0 amide bonds. The second-order valence-corrected chi connectivity index (χ2v) is 6.05. The molecule has 0 saturated heterocycles. The second-order valence-electron chi connectivity index (χ2n) is 3.97. The van der Waals surface area contributed by atoms with Crippen LogP contribution >= 0.6 is 22.7 Å². The van der Waals surface area contributed by atoms with E-state index in [1.54, 1.807) is 22.7 Å². The fourth-order valence-corrected chi connectivity index (χ4v) is 3.70. The summed E-state index contributed by atoms with van der Waals surface area (Å²) in [7, 11) is 0. The molecule has 1 aromatic carbocycles. The molecule has 3 rings (SSSR count). The molecule has 2 nitrogen and oxygen atoms in total. The molecule has 0 fully saturated rings. The van der Waals surface area contributed by atoms with Crippen LogP contribution in [0.3, 0.4) is 0 Å². The lowest BCUT2D eigenvalue weighted by Crippen LogP contribution is -1.91. The zero-order valence-electron chi connectivity index (χ0n) is 9.87. The highest BCUT2D eigenvalue weighted by molar-refractivity contribution is 7.47. The minimum Gasteiger partial charge on any atom is -0.396 e. The molecule has 0 spiro atoms. The first-order valence-corrected chi connectivity index (χ1v) is 7.77. The van der Waals surface area contributed by atoms with E-state index in [-0.39, 0.29) is 0 Å². The molecule has 0 bridgehead atoms. The lowest BCUT2D eigenvalue weighted by Gasteiger charge is -2.10. The molecule has 3 aromatic rings. The number of rotatable bonds is 3. The topological polar surface area (TPSA) is 38.4 Å². The third-order valence-electron chi connectivity index (χ3n) is 2.88. The maximum absolute atomic E-state index is 6.24. The van der Waals surface area contributed by atoms with E-state index < -0.39 is 0 Å². The minimum atomic E-state index is 0.656. The van der Waals surface area contributed by atoms with Crippen molar-refractivity contribution < 1.29 is 0 Å². The number of hydrogen-bond donors (Lipinski definition) is 1. The van der Waals surface area contributed by atoms with Gasteiger partial charge in [-0.25, -0.2) is 0 Å². The Morgan fingerprint density at radius 3 is 2.00 bits per heavy atom. The van der Waals surface area contributed by atoms with Gasteiger partial charge in [0.25, 0.3) is 0 Å².